The van der Waals surface area contributed by atoms with Crippen LogP contribution in [0, 0.1) is 0 Å². The molecule has 0 aliphatic carbocycles. The van der Waals surface area contributed by atoms with Crippen LogP contribution < -0.4 is 5.32 Å². The first-order chi connectivity index (χ1) is 9.93. The van der Waals surface area contributed by atoms with Gasteiger partial charge in [-0.1, -0.05) is 44.2 Å². The van der Waals surface area contributed by atoms with Crippen molar-refractivity contribution in [3.8, 4) is 0 Å². The normalized spacial score (nSPS) is 11.8. The van der Waals surface area contributed by atoms with Crippen molar-refractivity contribution >= 4 is 10.0 Å². The highest BCUT2D eigenvalue weighted by atomic mass is 32.2. The molecule has 1 aromatic carbocycles. The van der Waals surface area contributed by atoms with Gasteiger partial charge in [-0.25, -0.2) is 8.42 Å². The molecule has 4 nitrogen and oxygen atoms in total. The number of likely N-dealkylation sites (N-methyl/N-ethyl adjacent to an activating group) is 1. The van der Waals surface area contributed by atoms with Gasteiger partial charge in [-0.2, -0.15) is 4.31 Å². The predicted octanol–water partition coefficient (Wildman–Crippen LogP) is 2.77. The number of benzene rings is 1. The Morgan fingerprint density at radius 3 is 2.52 bits per heavy atom. The van der Waals surface area contributed by atoms with Gasteiger partial charge in [-0.05, 0) is 31.5 Å². The average molecular weight is 310 g/mol. The van der Waals surface area contributed by atoms with Crippen LogP contribution in [-0.2, 0) is 16.6 Å². The van der Waals surface area contributed by atoms with Crippen molar-refractivity contribution in [3.05, 3.63) is 42.0 Å². The van der Waals surface area contributed by atoms with Gasteiger partial charge in [-0.15, -0.1) is 0 Å². The zero-order valence-electron chi connectivity index (χ0n) is 13.2. The van der Waals surface area contributed by atoms with Crippen LogP contribution in [0.3, 0.4) is 0 Å². The van der Waals surface area contributed by atoms with E-state index < -0.39 is 10.0 Å². The largest absolute Gasteiger partial charge is 0.313 e. The van der Waals surface area contributed by atoms with Crippen LogP contribution in [0.15, 0.2) is 41.3 Å². The lowest BCUT2D eigenvalue weighted by atomic mass is 10.2. The number of hydrogen-bond acceptors (Lipinski definition) is 3. The molecule has 1 aromatic rings. The predicted molar refractivity (Wildman–Crippen MR) is 87.7 cm³/mol. The molecule has 1 rings (SSSR count). The third kappa shape index (κ3) is 4.95. The maximum absolute atomic E-state index is 12.8. The SMILES string of the molecule is C=C(C)CN(CC)S(=O)(=O)c1ccccc1CNCCC. The van der Waals surface area contributed by atoms with Gasteiger partial charge in [-0.3, -0.25) is 0 Å². The van der Waals surface area contributed by atoms with Crippen molar-refractivity contribution in [1.82, 2.24) is 9.62 Å². The van der Waals surface area contributed by atoms with Gasteiger partial charge >= 0.3 is 0 Å². The van der Waals surface area contributed by atoms with Crippen LogP contribution in [-0.4, -0.2) is 32.4 Å². The maximum atomic E-state index is 12.8. The van der Waals surface area contributed by atoms with E-state index in [0.717, 1.165) is 24.1 Å². The zero-order valence-corrected chi connectivity index (χ0v) is 14.0. The summed E-state index contributed by atoms with van der Waals surface area (Å²) < 4.78 is 27.1. The number of hydrogen-bond donors (Lipinski definition) is 1. The fourth-order valence-corrected chi connectivity index (χ4v) is 3.84. The molecule has 0 aliphatic rings. The lowest BCUT2D eigenvalue weighted by molar-refractivity contribution is 0.451. The van der Waals surface area contributed by atoms with Crippen molar-refractivity contribution in [2.45, 2.75) is 38.6 Å². The van der Waals surface area contributed by atoms with Gasteiger partial charge in [0.1, 0.15) is 0 Å². The third-order valence-corrected chi connectivity index (χ3v) is 5.15. The van der Waals surface area contributed by atoms with E-state index in [0.29, 0.717) is 24.5 Å². The molecule has 0 bridgehead atoms. The first kappa shape index (κ1) is 17.9. The van der Waals surface area contributed by atoms with Gasteiger partial charge < -0.3 is 5.32 Å². The van der Waals surface area contributed by atoms with Crippen molar-refractivity contribution in [3.63, 3.8) is 0 Å². The molecule has 0 saturated carbocycles. The Labute approximate surface area is 128 Å². The number of rotatable bonds is 9. The molecule has 5 heteroatoms. The Hall–Kier alpha value is -1.17. The van der Waals surface area contributed by atoms with Crippen LogP contribution in [0.1, 0.15) is 32.8 Å². The van der Waals surface area contributed by atoms with Gasteiger partial charge in [0.25, 0.3) is 0 Å². The number of nitrogens with zero attached hydrogens (tertiary/aromatic N) is 1. The Balaban J connectivity index is 3.09. The van der Waals surface area contributed by atoms with E-state index in [2.05, 4.69) is 18.8 Å². The Bertz CT molecular complexity index is 567. The molecule has 0 aliphatic heterocycles. The van der Waals surface area contributed by atoms with Crippen LogP contribution in [0.5, 0.6) is 0 Å². The summed E-state index contributed by atoms with van der Waals surface area (Å²) in [4.78, 5) is 0.386. The fraction of sp³-hybridized carbons (Fsp3) is 0.500. The average Bonchev–Trinajstić information content (AvgIpc) is 2.45. The van der Waals surface area contributed by atoms with E-state index in [4.69, 9.17) is 0 Å². The third-order valence-electron chi connectivity index (χ3n) is 3.13. The Kier molecular flexibility index (Phi) is 7.08. The molecule has 0 unspecified atom stereocenters. The van der Waals surface area contributed by atoms with E-state index in [1.807, 2.05) is 26.0 Å². The number of nitrogens with one attached hydrogen (secondary N) is 1. The summed E-state index contributed by atoms with van der Waals surface area (Å²) in [7, 11) is -3.48. The highest BCUT2D eigenvalue weighted by Crippen LogP contribution is 2.20. The van der Waals surface area contributed by atoms with E-state index >= 15 is 0 Å². The lowest BCUT2D eigenvalue weighted by Crippen LogP contribution is -2.33. The summed E-state index contributed by atoms with van der Waals surface area (Å²) in [5, 5.41) is 3.26. The van der Waals surface area contributed by atoms with Crippen LogP contribution in [0.2, 0.25) is 0 Å². The molecule has 118 valence electrons. The lowest BCUT2D eigenvalue weighted by Gasteiger charge is -2.22. The minimum Gasteiger partial charge on any atom is -0.313 e. The summed E-state index contributed by atoms with van der Waals surface area (Å²) in [5.74, 6) is 0. The second-order valence-electron chi connectivity index (χ2n) is 5.17. The van der Waals surface area contributed by atoms with Gasteiger partial charge in [0.05, 0.1) is 4.90 Å². The molecular weight excluding hydrogens is 284 g/mol. The molecule has 0 radical (unpaired) electrons. The van der Waals surface area contributed by atoms with Crippen molar-refractivity contribution in [2.24, 2.45) is 0 Å². The summed E-state index contributed by atoms with van der Waals surface area (Å²) in [5.41, 5.74) is 1.65. The van der Waals surface area contributed by atoms with Crippen molar-refractivity contribution < 1.29 is 8.42 Å². The monoisotopic (exact) mass is 310 g/mol. The van der Waals surface area contributed by atoms with E-state index in [1.54, 1.807) is 12.1 Å². The quantitative estimate of drug-likeness (QED) is 0.563. The van der Waals surface area contributed by atoms with E-state index in [-0.39, 0.29) is 0 Å². The van der Waals surface area contributed by atoms with Crippen molar-refractivity contribution in [2.75, 3.05) is 19.6 Å². The molecule has 0 fully saturated rings. The van der Waals surface area contributed by atoms with Crippen molar-refractivity contribution in [1.29, 1.82) is 0 Å². The van der Waals surface area contributed by atoms with Gasteiger partial charge in [0.15, 0.2) is 0 Å². The molecule has 21 heavy (non-hydrogen) atoms. The second kappa shape index (κ2) is 8.32. The highest BCUT2D eigenvalue weighted by molar-refractivity contribution is 7.89. The molecule has 0 saturated heterocycles. The number of sulfonamides is 1. The molecule has 0 spiro atoms. The standard InChI is InChI=1S/C16H26N2O2S/c1-5-11-17-12-15-9-7-8-10-16(15)21(19,20)18(6-2)13-14(3)4/h7-10,17H,3,5-6,11-13H2,1-2,4H3. The highest BCUT2D eigenvalue weighted by Gasteiger charge is 2.25. The summed E-state index contributed by atoms with van der Waals surface area (Å²) in [6.45, 7) is 11.8. The zero-order chi connectivity index (χ0) is 15.9. The smallest absolute Gasteiger partial charge is 0.243 e. The van der Waals surface area contributed by atoms with Crippen LogP contribution >= 0.6 is 0 Å². The summed E-state index contributed by atoms with van der Waals surface area (Å²) >= 11 is 0. The topological polar surface area (TPSA) is 49.4 Å². The minimum atomic E-state index is -3.48. The molecule has 0 atom stereocenters. The molecule has 0 aromatic heterocycles. The summed E-state index contributed by atoms with van der Waals surface area (Å²) in [6.07, 6.45) is 1.02. The Morgan fingerprint density at radius 1 is 1.29 bits per heavy atom. The molecule has 0 heterocycles. The van der Waals surface area contributed by atoms with Gasteiger partial charge in [0, 0.05) is 19.6 Å². The first-order valence-corrected chi connectivity index (χ1v) is 8.80. The van der Waals surface area contributed by atoms with Crippen LogP contribution in [0.4, 0.5) is 0 Å². The van der Waals surface area contributed by atoms with E-state index in [9.17, 15) is 8.42 Å². The second-order valence-corrected chi connectivity index (χ2v) is 7.08. The molecular formula is C16H26N2O2S. The first-order valence-electron chi connectivity index (χ1n) is 7.36. The Morgan fingerprint density at radius 2 is 1.95 bits per heavy atom. The summed E-state index contributed by atoms with van der Waals surface area (Å²) in [6, 6.07) is 7.19. The maximum Gasteiger partial charge on any atom is 0.243 e. The van der Waals surface area contributed by atoms with E-state index in [1.165, 1.54) is 4.31 Å². The van der Waals surface area contributed by atoms with Crippen LogP contribution in [0.25, 0.3) is 0 Å². The van der Waals surface area contributed by atoms with Gasteiger partial charge in [0.2, 0.25) is 10.0 Å². The molecule has 1 N–H and O–H groups in total. The minimum absolute atomic E-state index is 0.357. The molecule has 0 amide bonds. The fourth-order valence-electron chi connectivity index (χ4n) is 2.11.